The van der Waals surface area contributed by atoms with E-state index in [4.69, 9.17) is 4.74 Å². The minimum atomic E-state index is -3.85. The number of ether oxygens (including phenoxy) is 1. The van der Waals surface area contributed by atoms with Crippen LogP contribution in [-0.2, 0) is 16.6 Å². The molecule has 2 aromatic carbocycles. The fourth-order valence-corrected chi connectivity index (χ4v) is 4.33. The Morgan fingerprint density at radius 2 is 1.85 bits per heavy atom. The van der Waals surface area contributed by atoms with E-state index in [1.165, 1.54) is 34.6 Å². The summed E-state index contributed by atoms with van der Waals surface area (Å²) in [6, 6.07) is 7.68. The van der Waals surface area contributed by atoms with Crippen molar-refractivity contribution >= 4 is 31.6 Å². The Labute approximate surface area is 165 Å². The van der Waals surface area contributed by atoms with Crippen molar-refractivity contribution in [1.29, 1.82) is 0 Å². The Balaban J connectivity index is 2.36. The lowest BCUT2D eigenvalue weighted by molar-refractivity contribution is -0.386. The van der Waals surface area contributed by atoms with Crippen molar-refractivity contribution in [1.82, 2.24) is 4.31 Å². The molecule has 0 fully saturated rings. The summed E-state index contributed by atoms with van der Waals surface area (Å²) in [5.74, 6) is -0.653. The van der Waals surface area contributed by atoms with Gasteiger partial charge in [0.15, 0.2) is 5.75 Å². The van der Waals surface area contributed by atoms with E-state index in [2.05, 4.69) is 15.9 Å². The van der Waals surface area contributed by atoms with Crippen molar-refractivity contribution in [3.8, 4) is 5.75 Å². The summed E-state index contributed by atoms with van der Waals surface area (Å²) in [5, 5.41) is 11.4. The molecule has 0 aliphatic carbocycles. The molecule has 0 saturated heterocycles. The molecule has 0 radical (unpaired) electrons. The largest absolute Gasteiger partial charge is 0.482 e. The number of halogens is 2. The van der Waals surface area contributed by atoms with Crippen LogP contribution in [0.5, 0.6) is 5.75 Å². The molecule has 0 N–H and O–H groups in total. The second-order valence-corrected chi connectivity index (χ2v) is 8.35. The first kappa shape index (κ1) is 21.3. The number of hydrogen-bond donors (Lipinski definition) is 0. The van der Waals surface area contributed by atoms with Gasteiger partial charge in [0, 0.05) is 29.2 Å². The molecule has 10 heteroatoms. The molecule has 2 rings (SSSR count). The van der Waals surface area contributed by atoms with Crippen molar-refractivity contribution in [3.05, 3.63) is 62.4 Å². The number of sulfonamides is 1. The minimum Gasteiger partial charge on any atom is -0.482 e. The van der Waals surface area contributed by atoms with Gasteiger partial charge in [-0.1, -0.05) is 29.8 Å². The van der Waals surface area contributed by atoms with Crippen LogP contribution in [0.15, 0.2) is 45.8 Å². The first-order valence-electron chi connectivity index (χ1n) is 8.06. The third kappa shape index (κ3) is 4.82. The van der Waals surface area contributed by atoms with E-state index in [9.17, 15) is 22.9 Å². The summed E-state index contributed by atoms with van der Waals surface area (Å²) in [7, 11) is -3.85. The Bertz CT molecular complexity index is 948. The van der Waals surface area contributed by atoms with Gasteiger partial charge in [-0.15, -0.1) is 0 Å². The quantitative estimate of drug-likeness (QED) is 0.436. The smallest absolute Gasteiger partial charge is 0.312 e. The first-order valence-corrected chi connectivity index (χ1v) is 10.3. The van der Waals surface area contributed by atoms with Gasteiger partial charge < -0.3 is 4.74 Å². The van der Waals surface area contributed by atoms with Gasteiger partial charge in [0.1, 0.15) is 12.4 Å². The lowest BCUT2D eigenvalue weighted by atomic mass is 10.2. The van der Waals surface area contributed by atoms with E-state index in [0.717, 1.165) is 6.07 Å². The van der Waals surface area contributed by atoms with Crippen molar-refractivity contribution < 1.29 is 22.5 Å². The zero-order valence-corrected chi connectivity index (χ0v) is 17.1. The molecule has 0 heterocycles. The highest BCUT2D eigenvalue weighted by Gasteiger charge is 2.26. The zero-order chi connectivity index (χ0) is 20.2. The molecular formula is C17H18BrFN2O5S. The lowest BCUT2D eigenvalue weighted by Crippen LogP contribution is -2.30. The van der Waals surface area contributed by atoms with E-state index in [1.807, 2.05) is 0 Å². The van der Waals surface area contributed by atoms with Gasteiger partial charge in [-0.05, 0) is 30.3 Å². The van der Waals surface area contributed by atoms with Crippen LogP contribution in [0.25, 0.3) is 0 Å². The average Bonchev–Trinajstić information content (AvgIpc) is 2.63. The second-order valence-electron chi connectivity index (χ2n) is 5.50. The van der Waals surface area contributed by atoms with Gasteiger partial charge in [0.2, 0.25) is 10.0 Å². The molecule has 0 atom stereocenters. The van der Waals surface area contributed by atoms with Crippen molar-refractivity contribution in [2.75, 3.05) is 13.1 Å². The maximum absolute atomic E-state index is 13.8. The molecule has 0 unspecified atom stereocenters. The van der Waals surface area contributed by atoms with Gasteiger partial charge in [0.25, 0.3) is 0 Å². The molecule has 146 valence electrons. The predicted molar refractivity (Wildman–Crippen MR) is 102 cm³/mol. The number of hydrogen-bond acceptors (Lipinski definition) is 5. The molecule has 0 aliphatic rings. The summed E-state index contributed by atoms with van der Waals surface area (Å²) < 4.78 is 46.1. The number of rotatable bonds is 8. The summed E-state index contributed by atoms with van der Waals surface area (Å²) in [5.41, 5.74) is -0.294. The van der Waals surface area contributed by atoms with E-state index in [0.29, 0.717) is 4.47 Å². The summed E-state index contributed by atoms with van der Waals surface area (Å²) in [6.45, 7) is 3.60. The molecule has 2 aromatic rings. The SMILES string of the molecule is CCN(CC)S(=O)(=O)c1ccc(OCc2cc(Br)ccc2F)c([N+](=O)[O-])c1. The molecule has 0 amide bonds. The predicted octanol–water partition coefficient (Wildman–Crippen LogP) is 4.11. The van der Waals surface area contributed by atoms with Crippen LogP contribution in [-0.4, -0.2) is 30.7 Å². The maximum atomic E-state index is 13.8. The molecule has 0 spiro atoms. The lowest BCUT2D eigenvalue weighted by Gasteiger charge is -2.18. The van der Waals surface area contributed by atoms with Gasteiger partial charge in [-0.3, -0.25) is 10.1 Å². The maximum Gasteiger partial charge on any atom is 0.312 e. The van der Waals surface area contributed by atoms with Gasteiger partial charge in [0.05, 0.1) is 9.82 Å². The molecule has 7 nitrogen and oxygen atoms in total. The summed E-state index contributed by atoms with van der Waals surface area (Å²) in [4.78, 5) is 10.5. The topological polar surface area (TPSA) is 89.8 Å². The summed E-state index contributed by atoms with van der Waals surface area (Å²) >= 11 is 3.22. The molecule has 0 bridgehead atoms. The van der Waals surface area contributed by atoms with Crippen LogP contribution < -0.4 is 4.74 Å². The fraction of sp³-hybridized carbons (Fsp3) is 0.294. The van der Waals surface area contributed by atoms with Crippen molar-refractivity contribution in [2.24, 2.45) is 0 Å². The van der Waals surface area contributed by atoms with Crippen LogP contribution in [0.3, 0.4) is 0 Å². The molecule has 27 heavy (non-hydrogen) atoms. The van der Waals surface area contributed by atoms with Crippen LogP contribution >= 0.6 is 15.9 Å². The number of nitrogens with zero attached hydrogens (tertiary/aromatic N) is 2. The minimum absolute atomic E-state index is 0.141. The molecular weight excluding hydrogens is 443 g/mol. The standard InChI is InChI=1S/C17H18BrFN2O5S/c1-3-20(4-2)27(24,25)14-6-8-17(16(10-14)21(22)23)26-11-12-9-13(18)5-7-15(12)19/h5-10H,3-4,11H2,1-2H3. The second kappa shape index (κ2) is 8.77. The van der Waals surface area contributed by atoms with Crippen LogP contribution in [0.1, 0.15) is 19.4 Å². The van der Waals surface area contributed by atoms with Crippen LogP contribution in [0.4, 0.5) is 10.1 Å². The van der Waals surface area contributed by atoms with Crippen LogP contribution in [0, 0.1) is 15.9 Å². The van der Waals surface area contributed by atoms with E-state index < -0.39 is 26.5 Å². The van der Waals surface area contributed by atoms with Crippen LogP contribution in [0.2, 0.25) is 0 Å². The highest BCUT2D eigenvalue weighted by molar-refractivity contribution is 9.10. The van der Waals surface area contributed by atoms with E-state index in [1.54, 1.807) is 13.8 Å². The van der Waals surface area contributed by atoms with E-state index >= 15 is 0 Å². The normalized spacial score (nSPS) is 11.6. The van der Waals surface area contributed by atoms with Gasteiger partial charge >= 0.3 is 5.69 Å². The van der Waals surface area contributed by atoms with E-state index in [-0.39, 0.29) is 35.9 Å². The number of nitro benzene ring substituents is 1. The van der Waals surface area contributed by atoms with Crippen molar-refractivity contribution in [2.45, 2.75) is 25.3 Å². The Morgan fingerprint density at radius 3 is 2.44 bits per heavy atom. The Hall–Kier alpha value is -2.04. The molecule has 0 aromatic heterocycles. The molecule has 0 saturated carbocycles. The first-order chi connectivity index (χ1) is 12.7. The highest BCUT2D eigenvalue weighted by atomic mass is 79.9. The number of nitro groups is 1. The Morgan fingerprint density at radius 1 is 1.19 bits per heavy atom. The monoisotopic (exact) mass is 460 g/mol. The van der Waals surface area contributed by atoms with Gasteiger partial charge in [-0.25, -0.2) is 12.8 Å². The molecule has 0 aliphatic heterocycles. The highest BCUT2D eigenvalue weighted by Crippen LogP contribution is 2.32. The number of benzene rings is 2. The fourth-order valence-electron chi connectivity index (χ4n) is 2.44. The summed E-state index contributed by atoms with van der Waals surface area (Å²) in [6.07, 6.45) is 0. The zero-order valence-electron chi connectivity index (χ0n) is 14.7. The van der Waals surface area contributed by atoms with Gasteiger partial charge in [-0.2, -0.15) is 4.31 Å². The van der Waals surface area contributed by atoms with Crippen molar-refractivity contribution in [3.63, 3.8) is 0 Å². The Kier molecular flexibility index (Phi) is 6.90. The third-order valence-corrected chi connectivity index (χ3v) is 6.40. The average molecular weight is 461 g/mol. The third-order valence-electron chi connectivity index (χ3n) is 3.86.